The zero-order valence-corrected chi connectivity index (χ0v) is 16.4. The second-order valence-electron chi connectivity index (χ2n) is 6.77. The summed E-state index contributed by atoms with van der Waals surface area (Å²) < 4.78 is 10.7. The van der Waals surface area contributed by atoms with Crippen molar-refractivity contribution in [2.45, 2.75) is 24.9 Å². The van der Waals surface area contributed by atoms with Gasteiger partial charge < -0.3 is 9.47 Å². The summed E-state index contributed by atoms with van der Waals surface area (Å²) in [6.07, 6.45) is 0. The van der Waals surface area contributed by atoms with Gasteiger partial charge in [0.2, 0.25) is 11.8 Å². The Morgan fingerprint density at radius 3 is 1.32 bits per heavy atom. The zero-order chi connectivity index (χ0) is 20.1. The topological polar surface area (TPSA) is 77.3 Å². The quantitative estimate of drug-likeness (QED) is 0.712. The summed E-state index contributed by atoms with van der Waals surface area (Å²) in [6.45, 7) is 3.02. The minimum Gasteiger partial charge on any atom is -0.405 e. The molecule has 0 saturated heterocycles. The number of benzene rings is 2. The Bertz CT molecular complexity index is 961. The number of esters is 2. The van der Waals surface area contributed by atoms with Crippen LogP contribution in [0.3, 0.4) is 0 Å². The van der Waals surface area contributed by atoms with Crippen molar-refractivity contribution in [2.75, 3.05) is 0 Å². The van der Waals surface area contributed by atoms with Gasteiger partial charge in [-0.25, -0.2) is 19.6 Å². The lowest BCUT2D eigenvalue weighted by Gasteiger charge is -2.28. The molecule has 2 aromatic carbocycles. The number of aliphatic imine (C=N–C) groups is 2. The average Bonchev–Trinajstić information content (AvgIpc) is 3.15. The molecule has 0 fully saturated rings. The third-order valence-corrected chi connectivity index (χ3v) is 5.46. The predicted molar refractivity (Wildman–Crippen MR) is 105 cm³/mol. The van der Waals surface area contributed by atoms with Crippen LogP contribution in [0.25, 0.3) is 0 Å². The van der Waals surface area contributed by atoms with E-state index in [0.717, 1.165) is 0 Å². The van der Waals surface area contributed by atoms with Gasteiger partial charge in [0.1, 0.15) is 0 Å². The lowest BCUT2D eigenvalue weighted by Crippen LogP contribution is -2.55. The van der Waals surface area contributed by atoms with Gasteiger partial charge in [-0.05, 0) is 62.4 Å². The Morgan fingerprint density at radius 2 is 1.00 bits per heavy atom. The van der Waals surface area contributed by atoms with E-state index < -0.39 is 23.0 Å². The molecule has 0 N–H and O–H groups in total. The maximum Gasteiger partial charge on any atom is 0.343 e. The fraction of sp³-hybridized carbons (Fsp3) is 0.200. The van der Waals surface area contributed by atoms with Crippen molar-refractivity contribution in [2.24, 2.45) is 9.98 Å². The molecular formula is C20H14Cl2N2O4. The number of carbonyl (C=O) groups is 2. The minimum absolute atomic E-state index is 0.105. The van der Waals surface area contributed by atoms with Crippen LogP contribution < -0.4 is 0 Å². The van der Waals surface area contributed by atoms with Gasteiger partial charge in [-0.15, -0.1) is 0 Å². The normalized spacial score (nSPS) is 26.6. The van der Waals surface area contributed by atoms with Crippen LogP contribution in [0, 0.1) is 0 Å². The maximum atomic E-state index is 12.7. The number of rotatable bonds is 3. The molecule has 0 saturated carbocycles. The molecule has 0 aromatic heterocycles. The maximum absolute atomic E-state index is 12.7. The van der Waals surface area contributed by atoms with E-state index in [0.29, 0.717) is 21.2 Å². The summed E-state index contributed by atoms with van der Waals surface area (Å²) in [5, 5.41) is 1.08. The van der Waals surface area contributed by atoms with Gasteiger partial charge in [-0.2, -0.15) is 0 Å². The van der Waals surface area contributed by atoms with E-state index in [9.17, 15) is 9.59 Å². The number of halogens is 2. The molecular weight excluding hydrogens is 403 g/mol. The molecule has 2 heterocycles. The summed E-state index contributed by atoms with van der Waals surface area (Å²) in [5.74, 6) is -1.15. The molecule has 142 valence electrons. The number of hydrogen-bond acceptors (Lipinski definition) is 6. The second-order valence-corrected chi connectivity index (χ2v) is 7.64. The molecule has 2 aliphatic rings. The van der Waals surface area contributed by atoms with Crippen molar-refractivity contribution in [1.82, 2.24) is 0 Å². The van der Waals surface area contributed by atoms with E-state index in [1.165, 1.54) is 13.8 Å². The molecule has 0 bridgehead atoms. The molecule has 0 radical (unpaired) electrons. The minimum atomic E-state index is -1.58. The number of cyclic esters (lactones) is 2. The molecule has 28 heavy (non-hydrogen) atoms. The van der Waals surface area contributed by atoms with Crippen LogP contribution >= 0.6 is 23.2 Å². The monoisotopic (exact) mass is 416 g/mol. The first-order chi connectivity index (χ1) is 13.2. The van der Waals surface area contributed by atoms with E-state index in [1.54, 1.807) is 48.5 Å². The van der Waals surface area contributed by atoms with Crippen molar-refractivity contribution in [3.05, 3.63) is 69.7 Å². The van der Waals surface area contributed by atoms with E-state index in [-0.39, 0.29) is 11.8 Å². The van der Waals surface area contributed by atoms with Gasteiger partial charge in [0, 0.05) is 21.2 Å². The van der Waals surface area contributed by atoms with Crippen molar-refractivity contribution >= 4 is 46.9 Å². The molecule has 0 amide bonds. The molecule has 2 atom stereocenters. The fourth-order valence-corrected chi connectivity index (χ4v) is 3.22. The number of nitrogens with zero attached hydrogens (tertiary/aromatic N) is 2. The van der Waals surface area contributed by atoms with E-state index in [1.807, 2.05) is 0 Å². The fourth-order valence-electron chi connectivity index (χ4n) is 2.96. The Hall–Kier alpha value is -2.70. The summed E-state index contributed by atoms with van der Waals surface area (Å²) in [6, 6.07) is 13.3. The average molecular weight is 417 g/mol. The Balaban J connectivity index is 1.75. The molecule has 8 heteroatoms. The highest BCUT2D eigenvalue weighted by Crippen LogP contribution is 2.40. The lowest BCUT2D eigenvalue weighted by molar-refractivity contribution is -0.149. The Labute approximate surface area is 170 Å². The molecule has 2 aliphatic heterocycles. The number of hydrogen-bond donors (Lipinski definition) is 0. The molecule has 0 spiro atoms. The summed E-state index contributed by atoms with van der Waals surface area (Å²) in [7, 11) is 0. The molecule has 2 aromatic rings. The smallest absolute Gasteiger partial charge is 0.343 e. The van der Waals surface area contributed by atoms with Crippen molar-refractivity contribution in [1.29, 1.82) is 0 Å². The first kappa shape index (κ1) is 18.7. The van der Waals surface area contributed by atoms with Crippen LogP contribution in [-0.4, -0.2) is 34.8 Å². The standard InChI is InChI=1S/C20H14Cl2N2O4/c1-19(17(25)27-15(23-19)11-3-7-13(21)8-4-11)20(2)18(26)28-16(24-20)12-5-9-14(22)10-6-12/h3-10H,1-2H3/t19-,20-/m1/s1. The summed E-state index contributed by atoms with van der Waals surface area (Å²) in [5.41, 5.74) is -2.02. The molecule has 6 nitrogen and oxygen atoms in total. The molecule has 0 unspecified atom stereocenters. The van der Waals surface area contributed by atoms with Crippen molar-refractivity contribution in [3.8, 4) is 0 Å². The number of carbonyl (C=O) groups excluding carboxylic acids is 2. The van der Waals surface area contributed by atoms with Crippen molar-refractivity contribution in [3.63, 3.8) is 0 Å². The first-order valence-electron chi connectivity index (χ1n) is 8.39. The van der Waals surface area contributed by atoms with Gasteiger partial charge in [0.25, 0.3) is 0 Å². The third kappa shape index (κ3) is 2.80. The van der Waals surface area contributed by atoms with Crippen LogP contribution in [0.1, 0.15) is 25.0 Å². The summed E-state index contributed by atoms with van der Waals surface area (Å²) in [4.78, 5) is 34.3. The van der Waals surface area contributed by atoms with Crippen LogP contribution in [0.15, 0.2) is 58.5 Å². The molecule has 0 aliphatic carbocycles. The number of ether oxygens (including phenoxy) is 2. The van der Waals surface area contributed by atoms with Gasteiger partial charge in [-0.1, -0.05) is 23.2 Å². The van der Waals surface area contributed by atoms with Crippen molar-refractivity contribution < 1.29 is 19.1 Å². The highest BCUT2D eigenvalue weighted by Gasteiger charge is 2.63. The van der Waals surface area contributed by atoms with Gasteiger partial charge >= 0.3 is 11.9 Å². The van der Waals surface area contributed by atoms with E-state index in [2.05, 4.69) is 9.98 Å². The van der Waals surface area contributed by atoms with E-state index >= 15 is 0 Å². The lowest BCUT2D eigenvalue weighted by atomic mass is 9.81. The van der Waals surface area contributed by atoms with Gasteiger partial charge in [0.05, 0.1) is 0 Å². The SMILES string of the molecule is C[C@@]1([C@]2(C)N=C(c3ccc(Cl)cc3)OC2=O)N=C(c2ccc(Cl)cc2)OC1=O. The highest BCUT2D eigenvalue weighted by atomic mass is 35.5. The van der Waals surface area contributed by atoms with Gasteiger partial charge in [0.15, 0.2) is 11.1 Å². The first-order valence-corrected chi connectivity index (χ1v) is 9.15. The van der Waals surface area contributed by atoms with E-state index in [4.69, 9.17) is 32.7 Å². The zero-order valence-electron chi connectivity index (χ0n) is 14.9. The third-order valence-electron chi connectivity index (χ3n) is 4.95. The van der Waals surface area contributed by atoms with Crippen LogP contribution in [0.4, 0.5) is 0 Å². The highest BCUT2D eigenvalue weighted by molar-refractivity contribution is 6.31. The molecule has 4 rings (SSSR count). The van der Waals surface area contributed by atoms with Crippen LogP contribution in [0.2, 0.25) is 10.0 Å². The van der Waals surface area contributed by atoms with Crippen LogP contribution in [0.5, 0.6) is 0 Å². The van der Waals surface area contributed by atoms with Gasteiger partial charge in [-0.3, -0.25) is 0 Å². The second kappa shape index (κ2) is 6.43. The summed E-state index contributed by atoms with van der Waals surface area (Å²) >= 11 is 11.8. The van der Waals surface area contributed by atoms with Crippen LogP contribution in [-0.2, 0) is 19.1 Å². The Kier molecular flexibility index (Phi) is 4.28. The largest absolute Gasteiger partial charge is 0.405 e. The predicted octanol–water partition coefficient (Wildman–Crippen LogP) is 3.82. The Morgan fingerprint density at radius 1 is 0.679 bits per heavy atom.